The van der Waals surface area contributed by atoms with Crippen LogP contribution >= 0.6 is 0 Å². The topological polar surface area (TPSA) is 58.0 Å². The van der Waals surface area contributed by atoms with E-state index in [1.54, 1.807) is 0 Å². The van der Waals surface area contributed by atoms with Crippen LogP contribution in [0.1, 0.15) is 38.3 Å². The third-order valence-corrected chi connectivity index (χ3v) is 2.67. The summed E-state index contributed by atoms with van der Waals surface area (Å²) in [5.74, 6) is 0.925. The van der Waals surface area contributed by atoms with Crippen LogP contribution < -0.4 is 4.74 Å². The molecule has 0 saturated heterocycles. The van der Waals surface area contributed by atoms with Gasteiger partial charge >= 0.3 is 0 Å². The summed E-state index contributed by atoms with van der Waals surface area (Å²) in [6.45, 7) is 9.66. The van der Waals surface area contributed by atoms with Crippen LogP contribution in [0.2, 0.25) is 0 Å². The maximum absolute atomic E-state index is 8.18. The molecule has 0 heterocycles. The zero-order valence-corrected chi connectivity index (χ0v) is 11.6. The van der Waals surface area contributed by atoms with Crippen molar-refractivity contribution in [2.45, 2.75) is 39.5 Å². The van der Waals surface area contributed by atoms with Crippen LogP contribution in [-0.2, 0) is 5.41 Å². The number of benzene rings is 1. The van der Waals surface area contributed by atoms with E-state index >= 15 is 0 Å². The van der Waals surface area contributed by atoms with E-state index in [9.17, 15) is 0 Å². The molecule has 1 aromatic carbocycles. The average Bonchev–Trinajstić information content (AvgIpc) is 2.29. The fraction of sp³-hybridized carbons (Fsp3) is 0.571. The highest BCUT2D eigenvalue weighted by atomic mass is 16.5. The second kappa shape index (κ2) is 6.31. The van der Waals surface area contributed by atoms with Gasteiger partial charge in [-0.25, -0.2) is 0 Å². The van der Waals surface area contributed by atoms with Crippen molar-refractivity contribution in [3.8, 4) is 5.75 Å². The molecule has 0 saturated carbocycles. The molecule has 1 rings (SSSR count). The molecule has 0 unspecified atom stereocenters. The Morgan fingerprint density at radius 3 is 2.67 bits per heavy atom. The van der Waals surface area contributed by atoms with Gasteiger partial charge in [0.2, 0.25) is 0 Å². The Hall–Kier alpha value is -1.67. The molecule has 0 N–H and O–H groups in total. The first-order chi connectivity index (χ1) is 8.45. The lowest BCUT2D eigenvalue weighted by atomic mass is 9.85. The molecule has 0 fully saturated rings. The molecule has 0 spiro atoms. The van der Waals surface area contributed by atoms with Crippen LogP contribution in [-0.4, -0.2) is 13.2 Å². The Balaban J connectivity index is 2.73. The monoisotopic (exact) mass is 247 g/mol. The van der Waals surface area contributed by atoms with E-state index in [-0.39, 0.29) is 5.41 Å². The maximum atomic E-state index is 8.18. The van der Waals surface area contributed by atoms with Crippen molar-refractivity contribution >= 4 is 0 Å². The molecule has 98 valence electrons. The van der Waals surface area contributed by atoms with E-state index in [0.717, 1.165) is 12.2 Å². The second-order valence-electron chi connectivity index (χ2n) is 5.41. The van der Waals surface area contributed by atoms with Gasteiger partial charge in [-0.1, -0.05) is 43.6 Å². The van der Waals surface area contributed by atoms with Crippen LogP contribution in [0.3, 0.4) is 0 Å². The average molecular weight is 247 g/mol. The highest BCUT2D eigenvalue weighted by Crippen LogP contribution is 2.32. The lowest BCUT2D eigenvalue weighted by Gasteiger charge is -2.23. The summed E-state index contributed by atoms with van der Waals surface area (Å²) in [5, 5.41) is 3.49. The van der Waals surface area contributed by atoms with Gasteiger partial charge in [0.1, 0.15) is 5.75 Å². The largest absolute Gasteiger partial charge is 0.493 e. The van der Waals surface area contributed by atoms with Crippen molar-refractivity contribution in [2.24, 2.45) is 5.11 Å². The van der Waals surface area contributed by atoms with Gasteiger partial charge in [0.25, 0.3) is 0 Å². The molecule has 0 amide bonds. The van der Waals surface area contributed by atoms with E-state index in [2.05, 4.69) is 49.9 Å². The number of nitrogens with zero attached hydrogens (tertiary/aromatic N) is 3. The summed E-state index contributed by atoms with van der Waals surface area (Å²) in [4.78, 5) is 2.72. The van der Waals surface area contributed by atoms with Gasteiger partial charge in [-0.15, -0.1) is 0 Å². The van der Waals surface area contributed by atoms with E-state index in [4.69, 9.17) is 10.3 Å². The number of azide groups is 1. The Kier molecular flexibility index (Phi) is 5.05. The fourth-order valence-electron chi connectivity index (χ4n) is 1.72. The van der Waals surface area contributed by atoms with Gasteiger partial charge in [-0.3, -0.25) is 0 Å². The maximum Gasteiger partial charge on any atom is 0.123 e. The van der Waals surface area contributed by atoms with Crippen LogP contribution in [0.25, 0.3) is 10.4 Å². The van der Waals surface area contributed by atoms with Gasteiger partial charge in [0, 0.05) is 11.5 Å². The highest BCUT2D eigenvalue weighted by Gasteiger charge is 2.18. The van der Waals surface area contributed by atoms with Gasteiger partial charge in [-0.2, -0.15) is 0 Å². The summed E-state index contributed by atoms with van der Waals surface area (Å²) >= 11 is 0. The molecule has 0 atom stereocenters. The third kappa shape index (κ3) is 4.30. The molecule has 0 aromatic heterocycles. The molecule has 0 aliphatic heterocycles. The predicted molar refractivity (Wildman–Crippen MR) is 74.0 cm³/mol. The van der Waals surface area contributed by atoms with Crippen molar-refractivity contribution in [3.05, 3.63) is 39.8 Å². The Morgan fingerprint density at radius 1 is 1.33 bits per heavy atom. The third-order valence-electron chi connectivity index (χ3n) is 2.67. The first-order valence-corrected chi connectivity index (χ1v) is 6.20. The molecule has 4 nitrogen and oxygen atoms in total. The summed E-state index contributed by atoms with van der Waals surface area (Å²) in [6.07, 6.45) is 0.738. The highest BCUT2D eigenvalue weighted by molar-refractivity contribution is 5.41. The molecule has 0 aliphatic carbocycles. The Labute approximate surface area is 109 Å². The first-order valence-electron chi connectivity index (χ1n) is 6.20. The minimum Gasteiger partial charge on any atom is -0.493 e. The van der Waals surface area contributed by atoms with Crippen molar-refractivity contribution < 1.29 is 4.74 Å². The minimum atomic E-state index is 0.0617. The van der Waals surface area contributed by atoms with Crippen molar-refractivity contribution in [3.63, 3.8) is 0 Å². The normalized spacial score (nSPS) is 10.9. The van der Waals surface area contributed by atoms with Crippen molar-refractivity contribution in [1.29, 1.82) is 0 Å². The summed E-state index contributed by atoms with van der Waals surface area (Å²) in [5.41, 5.74) is 10.7. The van der Waals surface area contributed by atoms with Crippen molar-refractivity contribution in [1.82, 2.24) is 0 Å². The summed E-state index contributed by atoms with van der Waals surface area (Å²) in [7, 11) is 0. The Bertz CT molecular complexity index is 443. The first kappa shape index (κ1) is 14.4. The molecule has 0 aliphatic rings. The van der Waals surface area contributed by atoms with Crippen LogP contribution in [0.15, 0.2) is 23.3 Å². The predicted octanol–water partition coefficient (Wildman–Crippen LogP) is 4.37. The van der Waals surface area contributed by atoms with Gasteiger partial charge in [0.05, 0.1) is 6.61 Å². The van der Waals surface area contributed by atoms with E-state index in [1.165, 1.54) is 11.1 Å². The smallest absolute Gasteiger partial charge is 0.123 e. The molecule has 4 heteroatoms. The molecule has 18 heavy (non-hydrogen) atoms. The lowest BCUT2D eigenvalue weighted by molar-refractivity contribution is 0.305. The summed E-state index contributed by atoms with van der Waals surface area (Å²) in [6, 6.07) is 6.24. The standard InChI is InChI=1S/C14H21N3O/c1-11-6-7-13(12(10-11)14(2,3)4)18-9-5-8-16-17-15/h6-7,10H,5,8-9H2,1-4H3. The van der Waals surface area contributed by atoms with Crippen molar-refractivity contribution in [2.75, 3.05) is 13.2 Å². The number of aryl methyl sites for hydroxylation is 1. The van der Waals surface area contributed by atoms with Gasteiger partial charge in [-0.05, 0) is 35.9 Å². The van der Waals surface area contributed by atoms with E-state index < -0.39 is 0 Å². The summed E-state index contributed by atoms with van der Waals surface area (Å²) < 4.78 is 5.78. The van der Waals surface area contributed by atoms with Crippen LogP contribution in [0.4, 0.5) is 0 Å². The second-order valence-corrected chi connectivity index (χ2v) is 5.41. The van der Waals surface area contributed by atoms with E-state index in [1.807, 2.05) is 6.07 Å². The zero-order valence-electron chi connectivity index (χ0n) is 11.6. The quantitative estimate of drug-likeness (QED) is 0.330. The zero-order chi connectivity index (χ0) is 13.6. The number of ether oxygens (including phenoxy) is 1. The van der Waals surface area contributed by atoms with Crippen LogP contribution in [0.5, 0.6) is 5.75 Å². The van der Waals surface area contributed by atoms with Gasteiger partial charge in [0.15, 0.2) is 0 Å². The SMILES string of the molecule is Cc1ccc(OCCCN=[N+]=[N-])c(C(C)(C)C)c1. The van der Waals surface area contributed by atoms with Crippen LogP contribution in [0, 0.1) is 6.92 Å². The fourth-order valence-corrected chi connectivity index (χ4v) is 1.72. The molecule has 1 aromatic rings. The lowest BCUT2D eigenvalue weighted by Crippen LogP contribution is -2.14. The molecular formula is C14H21N3O. The minimum absolute atomic E-state index is 0.0617. The molecule has 0 bridgehead atoms. The number of hydrogen-bond acceptors (Lipinski definition) is 2. The molecular weight excluding hydrogens is 226 g/mol. The number of hydrogen-bond donors (Lipinski definition) is 0. The van der Waals surface area contributed by atoms with Gasteiger partial charge < -0.3 is 4.74 Å². The van der Waals surface area contributed by atoms with E-state index in [0.29, 0.717) is 13.2 Å². The molecule has 0 radical (unpaired) electrons. The number of rotatable bonds is 5. The Morgan fingerprint density at radius 2 is 2.06 bits per heavy atom.